The van der Waals surface area contributed by atoms with E-state index < -0.39 is 5.91 Å². The number of rotatable bonds is 4. The van der Waals surface area contributed by atoms with Crippen LogP contribution in [0.15, 0.2) is 22.7 Å². The van der Waals surface area contributed by atoms with Gasteiger partial charge in [-0.25, -0.2) is 0 Å². The summed E-state index contributed by atoms with van der Waals surface area (Å²) in [7, 11) is 0. The number of nitrogens with zero attached hydrogens (tertiary/aromatic N) is 2. The molecule has 1 heterocycles. The third-order valence-electron chi connectivity index (χ3n) is 2.29. The van der Waals surface area contributed by atoms with Crippen molar-refractivity contribution in [2.45, 2.75) is 6.92 Å². The lowest BCUT2D eigenvalue weighted by Gasteiger charge is -2.06. The number of nitrogens with two attached hydrogens (primary N) is 1. The van der Waals surface area contributed by atoms with Crippen molar-refractivity contribution in [2.75, 3.05) is 6.61 Å². The number of aromatic amines is 1. The average molecular weight is 311 g/mol. The van der Waals surface area contributed by atoms with Crippen molar-refractivity contribution in [3.63, 3.8) is 0 Å². The lowest BCUT2D eigenvalue weighted by Crippen LogP contribution is -2.12. The molecule has 7 heteroatoms. The molecule has 0 aliphatic heterocycles. The van der Waals surface area contributed by atoms with E-state index in [2.05, 4.69) is 31.3 Å². The summed E-state index contributed by atoms with van der Waals surface area (Å²) >= 11 is 3.40. The molecule has 3 N–H and O–H groups in total. The van der Waals surface area contributed by atoms with Gasteiger partial charge in [0.1, 0.15) is 11.4 Å². The normalized spacial score (nSPS) is 10.3. The Labute approximate surface area is 112 Å². The number of hydrogen-bond donors (Lipinski definition) is 2. The molecule has 0 atom stereocenters. The molecule has 94 valence electrons. The molecule has 0 saturated carbocycles. The van der Waals surface area contributed by atoms with E-state index in [1.807, 2.05) is 6.92 Å². The summed E-state index contributed by atoms with van der Waals surface area (Å²) in [5.41, 5.74) is 6.48. The topological polar surface area (TPSA) is 93.9 Å². The summed E-state index contributed by atoms with van der Waals surface area (Å²) in [6.45, 7) is 2.48. The average Bonchev–Trinajstić information content (AvgIpc) is 2.81. The number of benzene rings is 1. The van der Waals surface area contributed by atoms with Gasteiger partial charge in [-0.1, -0.05) is 0 Å². The number of amides is 1. The zero-order valence-electron chi connectivity index (χ0n) is 9.61. The number of nitrogens with one attached hydrogen (secondary N) is 1. The van der Waals surface area contributed by atoms with Crippen LogP contribution in [0.25, 0.3) is 11.3 Å². The van der Waals surface area contributed by atoms with Crippen LogP contribution < -0.4 is 10.5 Å². The number of carbonyl (C=O) groups is 1. The molecule has 2 rings (SSSR count). The molecule has 2 aromatic rings. The molecule has 0 saturated heterocycles. The van der Waals surface area contributed by atoms with Gasteiger partial charge in [-0.2, -0.15) is 15.4 Å². The molecule has 0 bridgehead atoms. The van der Waals surface area contributed by atoms with Gasteiger partial charge in [0.05, 0.1) is 11.1 Å². The van der Waals surface area contributed by atoms with Crippen molar-refractivity contribution in [3.8, 4) is 17.0 Å². The van der Waals surface area contributed by atoms with E-state index in [0.29, 0.717) is 12.3 Å². The fraction of sp³-hybridized carbons (Fsp3) is 0.182. The molecule has 0 spiro atoms. The highest BCUT2D eigenvalue weighted by Crippen LogP contribution is 2.30. The molecule has 1 amide bonds. The lowest BCUT2D eigenvalue weighted by molar-refractivity contribution is 0.0996. The maximum Gasteiger partial charge on any atom is 0.271 e. The van der Waals surface area contributed by atoms with E-state index in [1.165, 1.54) is 0 Å². The number of carbonyl (C=O) groups excluding carboxylic acids is 1. The van der Waals surface area contributed by atoms with Gasteiger partial charge in [-0.3, -0.25) is 4.79 Å². The van der Waals surface area contributed by atoms with E-state index >= 15 is 0 Å². The van der Waals surface area contributed by atoms with Gasteiger partial charge in [-0.15, -0.1) is 0 Å². The molecule has 0 fully saturated rings. The third kappa shape index (κ3) is 2.35. The van der Waals surface area contributed by atoms with E-state index in [9.17, 15) is 4.79 Å². The summed E-state index contributed by atoms with van der Waals surface area (Å²) in [6, 6.07) is 5.39. The number of aromatic nitrogens is 3. The molecular weight excluding hydrogens is 300 g/mol. The molecule has 0 aliphatic carbocycles. The summed E-state index contributed by atoms with van der Waals surface area (Å²) in [5, 5.41) is 10.0. The first-order valence-electron chi connectivity index (χ1n) is 5.26. The number of hydrogen-bond acceptors (Lipinski definition) is 4. The Bertz CT molecular complexity index is 582. The molecule has 6 nitrogen and oxygen atoms in total. The van der Waals surface area contributed by atoms with E-state index in [0.717, 1.165) is 15.8 Å². The maximum atomic E-state index is 11.2. The Morgan fingerprint density at radius 2 is 2.28 bits per heavy atom. The summed E-state index contributed by atoms with van der Waals surface area (Å²) in [5.74, 6) is 0.106. The Balaban J connectivity index is 2.42. The molecule has 1 aromatic heterocycles. The smallest absolute Gasteiger partial charge is 0.271 e. The molecule has 1 aromatic carbocycles. The van der Waals surface area contributed by atoms with Crippen LogP contribution in [0.5, 0.6) is 5.75 Å². The quantitative estimate of drug-likeness (QED) is 0.899. The van der Waals surface area contributed by atoms with Gasteiger partial charge >= 0.3 is 0 Å². The molecule has 18 heavy (non-hydrogen) atoms. The van der Waals surface area contributed by atoms with Gasteiger partial charge in [0, 0.05) is 5.56 Å². The van der Waals surface area contributed by atoms with Crippen LogP contribution in [0.2, 0.25) is 0 Å². The maximum absolute atomic E-state index is 11.2. The minimum atomic E-state index is -0.622. The number of H-pyrrole nitrogens is 1. The van der Waals surface area contributed by atoms with Crippen LogP contribution in [0.1, 0.15) is 17.4 Å². The Hall–Kier alpha value is -1.89. The van der Waals surface area contributed by atoms with Crippen LogP contribution in [0, 0.1) is 0 Å². The summed E-state index contributed by atoms with van der Waals surface area (Å²) < 4.78 is 6.18. The van der Waals surface area contributed by atoms with Crippen LogP contribution >= 0.6 is 15.9 Å². The van der Waals surface area contributed by atoms with E-state index in [-0.39, 0.29) is 5.69 Å². The standard InChI is InChI=1S/C11H11BrN4O2/c1-2-18-8-4-3-6(5-7(8)12)9-10(11(13)17)15-16-14-9/h3-5H,2H2,1H3,(H2,13,17)(H,14,15,16). The third-order valence-corrected chi connectivity index (χ3v) is 2.91. The minimum absolute atomic E-state index is 0.117. The SMILES string of the molecule is CCOc1ccc(-c2n[nH]nc2C(N)=O)cc1Br. The fourth-order valence-electron chi connectivity index (χ4n) is 1.52. The van der Waals surface area contributed by atoms with Gasteiger partial charge in [0.15, 0.2) is 5.69 Å². The lowest BCUT2D eigenvalue weighted by atomic mass is 10.1. The first-order chi connectivity index (χ1) is 8.63. The van der Waals surface area contributed by atoms with Crippen molar-refractivity contribution in [3.05, 3.63) is 28.4 Å². The highest BCUT2D eigenvalue weighted by atomic mass is 79.9. The Kier molecular flexibility index (Phi) is 3.61. The van der Waals surface area contributed by atoms with Gasteiger partial charge in [0.25, 0.3) is 5.91 Å². The highest BCUT2D eigenvalue weighted by Gasteiger charge is 2.16. The second-order valence-corrected chi connectivity index (χ2v) is 4.32. The zero-order valence-corrected chi connectivity index (χ0v) is 11.2. The minimum Gasteiger partial charge on any atom is -0.493 e. The van der Waals surface area contributed by atoms with Crippen LogP contribution in [0.4, 0.5) is 0 Å². The molecule has 0 radical (unpaired) electrons. The monoisotopic (exact) mass is 310 g/mol. The van der Waals surface area contributed by atoms with Crippen molar-refractivity contribution in [1.82, 2.24) is 15.4 Å². The van der Waals surface area contributed by atoms with Crippen LogP contribution in [-0.4, -0.2) is 27.9 Å². The first kappa shape index (κ1) is 12.6. The van der Waals surface area contributed by atoms with Crippen LogP contribution in [0.3, 0.4) is 0 Å². The molecule has 0 unspecified atom stereocenters. The zero-order chi connectivity index (χ0) is 13.1. The van der Waals surface area contributed by atoms with Gasteiger partial charge in [0.2, 0.25) is 0 Å². The summed E-state index contributed by atoms with van der Waals surface area (Å²) in [6.07, 6.45) is 0. The predicted molar refractivity (Wildman–Crippen MR) is 69.2 cm³/mol. The van der Waals surface area contributed by atoms with Crippen molar-refractivity contribution < 1.29 is 9.53 Å². The van der Waals surface area contributed by atoms with Crippen molar-refractivity contribution >= 4 is 21.8 Å². The molecular formula is C11H11BrN4O2. The number of halogens is 1. The van der Waals surface area contributed by atoms with E-state index in [1.54, 1.807) is 18.2 Å². The predicted octanol–water partition coefficient (Wildman–Crippen LogP) is 1.73. The van der Waals surface area contributed by atoms with Gasteiger partial charge < -0.3 is 10.5 Å². The highest BCUT2D eigenvalue weighted by molar-refractivity contribution is 9.10. The Morgan fingerprint density at radius 1 is 1.50 bits per heavy atom. The van der Waals surface area contributed by atoms with E-state index in [4.69, 9.17) is 10.5 Å². The molecule has 0 aliphatic rings. The van der Waals surface area contributed by atoms with Gasteiger partial charge in [-0.05, 0) is 41.1 Å². The number of ether oxygens (including phenoxy) is 1. The largest absolute Gasteiger partial charge is 0.493 e. The van der Waals surface area contributed by atoms with Crippen LogP contribution in [-0.2, 0) is 0 Å². The second-order valence-electron chi connectivity index (χ2n) is 3.46. The summed E-state index contributed by atoms with van der Waals surface area (Å²) in [4.78, 5) is 11.2. The Morgan fingerprint density at radius 3 is 2.89 bits per heavy atom. The fourth-order valence-corrected chi connectivity index (χ4v) is 2.02. The van der Waals surface area contributed by atoms with Crippen molar-refractivity contribution in [1.29, 1.82) is 0 Å². The van der Waals surface area contributed by atoms with Crippen molar-refractivity contribution in [2.24, 2.45) is 5.73 Å². The second kappa shape index (κ2) is 5.18. The number of primary amides is 1. The first-order valence-corrected chi connectivity index (χ1v) is 6.06.